The average molecular weight is 237 g/mol. The number of carbonyl (C=O) groups is 1. The number of carbonyl (C=O) groups excluding carboxylic acids is 1. The number of ether oxygens (including phenoxy) is 1. The van der Waals surface area contributed by atoms with Crippen molar-refractivity contribution >= 4 is 33.8 Å². The molecule has 0 saturated heterocycles. The fourth-order valence-corrected chi connectivity index (χ4v) is 2.30. The fraction of sp³-hybridized carbons (Fsp3) is 0.300. The summed E-state index contributed by atoms with van der Waals surface area (Å²) < 4.78 is 5.11. The van der Waals surface area contributed by atoms with Gasteiger partial charge in [0.2, 0.25) is 6.41 Å². The minimum Gasteiger partial charge on any atom is -0.380 e. The van der Waals surface area contributed by atoms with Gasteiger partial charge in [-0.05, 0) is 6.92 Å². The molecule has 0 radical (unpaired) electrons. The summed E-state index contributed by atoms with van der Waals surface area (Å²) in [6.45, 7) is 2.33. The number of rotatable bonds is 4. The molecule has 0 aromatic carbocycles. The molecular formula is C10H11N3O2S. The first kappa shape index (κ1) is 11.0. The van der Waals surface area contributed by atoms with Crippen LogP contribution in [0.15, 0.2) is 6.20 Å². The molecule has 0 aliphatic carbocycles. The molecule has 0 spiro atoms. The third-order valence-corrected chi connectivity index (χ3v) is 3.02. The number of aromatic nitrogens is 2. The molecule has 2 aromatic rings. The number of nitrogens with zero attached hydrogens (tertiary/aromatic N) is 2. The Kier molecular flexibility index (Phi) is 3.12. The fourth-order valence-electron chi connectivity index (χ4n) is 1.51. The summed E-state index contributed by atoms with van der Waals surface area (Å²) in [6.07, 6.45) is 2.25. The van der Waals surface area contributed by atoms with Crippen molar-refractivity contribution in [3.05, 3.63) is 16.8 Å². The molecule has 0 aliphatic heterocycles. The number of aryl methyl sites for hydroxylation is 1. The van der Waals surface area contributed by atoms with E-state index in [1.807, 2.05) is 6.92 Å². The lowest BCUT2D eigenvalue weighted by atomic mass is 10.2. The summed E-state index contributed by atoms with van der Waals surface area (Å²) >= 11 is 1.53. The second kappa shape index (κ2) is 4.54. The largest absolute Gasteiger partial charge is 0.380 e. The highest BCUT2D eigenvalue weighted by Gasteiger charge is 2.12. The molecule has 2 rings (SSSR count). The van der Waals surface area contributed by atoms with Crippen LogP contribution in [0.4, 0.5) is 5.69 Å². The van der Waals surface area contributed by atoms with Gasteiger partial charge in [0, 0.05) is 12.7 Å². The van der Waals surface area contributed by atoms with E-state index >= 15 is 0 Å². The van der Waals surface area contributed by atoms with Crippen molar-refractivity contribution in [2.24, 2.45) is 0 Å². The summed E-state index contributed by atoms with van der Waals surface area (Å²) in [5, 5.41) is 3.55. The van der Waals surface area contributed by atoms with Crippen molar-refractivity contribution in [3.63, 3.8) is 0 Å². The van der Waals surface area contributed by atoms with Crippen molar-refractivity contribution in [2.75, 3.05) is 12.4 Å². The molecule has 0 fully saturated rings. The van der Waals surface area contributed by atoms with Crippen LogP contribution < -0.4 is 5.32 Å². The molecular weight excluding hydrogens is 226 g/mol. The Morgan fingerprint density at radius 3 is 3.12 bits per heavy atom. The molecule has 1 amide bonds. The van der Waals surface area contributed by atoms with Crippen molar-refractivity contribution in [1.29, 1.82) is 0 Å². The topological polar surface area (TPSA) is 64.1 Å². The molecule has 0 atom stereocenters. The zero-order valence-corrected chi connectivity index (χ0v) is 9.80. The number of hydrogen-bond acceptors (Lipinski definition) is 5. The van der Waals surface area contributed by atoms with Crippen LogP contribution in [0.1, 0.15) is 10.6 Å². The molecule has 0 bridgehead atoms. The van der Waals surface area contributed by atoms with Crippen molar-refractivity contribution in [2.45, 2.75) is 13.5 Å². The van der Waals surface area contributed by atoms with E-state index < -0.39 is 0 Å². The highest BCUT2D eigenvalue weighted by Crippen LogP contribution is 2.27. The second-order valence-electron chi connectivity index (χ2n) is 3.23. The number of nitrogens with one attached hydrogen (secondary N) is 1. The van der Waals surface area contributed by atoms with E-state index in [1.54, 1.807) is 13.3 Å². The summed E-state index contributed by atoms with van der Waals surface area (Å²) in [5.41, 5.74) is 2.31. The molecule has 2 heterocycles. The Hall–Kier alpha value is -1.53. The lowest BCUT2D eigenvalue weighted by molar-refractivity contribution is -0.105. The van der Waals surface area contributed by atoms with Crippen molar-refractivity contribution < 1.29 is 9.53 Å². The van der Waals surface area contributed by atoms with Crippen LogP contribution in [0.2, 0.25) is 0 Å². The van der Waals surface area contributed by atoms with Gasteiger partial charge in [-0.15, -0.1) is 0 Å². The second-order valence-corrected chi connectivity index (χ2v) is 4.41. The number of anilines is 1. The molecule has 0 unspecified atom stereocenters. The Labute approximate surface area is 96.5 Å². The summed E-state index contributed by atoms with van der Waals surface area (Å²) in [4.78, 5) is 20.0. The number of fused-ring (bicyclic) bond motifs is 1. The number of thiazole rings is 1. The van der Waals surface area contributed by atoms with Crippen LogP contribution in [-0.2, 0) is 16.1 Å². The minimum absolute atomic E-state index is 0.401. The van der Waals surface area contributed by atoms with E-state index in [0.29, 0.717) is 18.7 Å². The minimum atomic E-state index is 0.401. The number of hydrogen-bond donors (Lipinski definition) is 1. The van der Waals surface area contributed by atoms with Crippen LogP contribution in [0, 0.1) is 6.92 Å². The van der Waals surface area contributed by atoms with E-state index in [1.165, 1.54) is 11.3 Å². The van der Waals surface area contributed by atoms with Crippen LogP contribution >= 0.6 is 11.3 Å². The number of methoxy groups -OCH3 is 1. The van der Waals surface area contributed by atoms with Gasteiger partial charge in [-0.2, -0.15) is 0 Å². The Morgan fingerprint density at radius 1 is 1.62 bits per heavy atom. The summed E-state index contributed by atoms with van der Waals surface area (Å²) in [7, 11) is 1.61. The Bertz CT molecular complexity index is 524. The maximum absolute atomic E-state index is 10.5. The average Bonchev–Trinajstić information content (AvgIpc) is 2.63. The zero-order chi connectivity index (χ0) is 11.5. The molecule has 5 nitrogen and oxygen atoms in total. The normalized spacial score (nSPS) is 10.6. The zero-order valence-electron chi connectivity index (χ0n) is 8.98. The Morgan fingerprint density at radius 2 is 2.44 bits per heavy atom. The molecule has 16 heavy (non-hydrogen) atoms. The van der Waals surface area contributed by atoms with Gasteiger partial charge < -0.3 is 10.1 Å². The van der Waals surface area contributed by atoms with Crippen molar-refractivity contribution in [3.8, 4) is 0 Å². The highest BCUT2D eigenvalue weighted by molar-refractivity contribution is 7.18. The molecule has 84 valence electrons. The van der Waals surface area contributed by atoms with Gasteiger partial charge >= 0.3 is 0 Å². The van der Waals surface area contributed by atoms with E-state index in [2.05, 4.69) is 15.3 Å². The van der Waals surface area contributed by atoms with Gasteiger partial charge in [0.25, 0.3) is 0 Å². The molecule has 0 aliphatic rings. The van der Waals surface area contributed by atoms with Crippen LogP contribution in [0.3, 0.4) is 0 Å². The smallest absolute Gasteiger partial charge is 0.211 e. The number of pyridine rings is 1. The van der Waals surface area contributed by atoms with Crippen molar-refractivity contribution in [1.82, 2.24) is 9.97 Å². The third-order valence-electron chi connectivity index (χ3n) is 2.14. The third kappa shape index (κ3) is 1.89. The predicted molar refractivity (Wildman–Crippen MR) is 62.6 cm³/mol. The summed E-state index contributed by atoms with van der Waals surface area (Å²) in [5.74, 6) is 0. The lowest BCUT2D eigenvalue weighted by Gasteiger charge is -2.07. The van der Waals surface area contributed by atoms with E-state index in [-0.39, 0.29) is 0 Å². The first-order chi connectivity index (χ1) is 7.76. The van der Waals surface area contributed by atoms with Gasteiger partial charge in [0.15, 0.2) is 0 Å². The SMILES string of the molecule is COCc1c(NC=O)cnc2sc(C)nc12. The van der Waals surface area contributed by atoms with Crippen LogP contribution in [-0.4, -0.2) is 23.5 Å². The predicted octanol–water partition coefficient (Wildman–Crippen LogP) is 1.71. The molecule has 2 aromatic heterocycles. The van der Waals surface area contributed by atoms with E-state index in [9.17, 15) is 4.79 Å². The van der Waals surface area contributed by atoms with Gasteiger partial charge in [-0.25, -0.2) is 9.97 Å². The lowest BCUT2D eigenvalue weighted by Crippen LogP contribution is -2.01. The standard InChI is InChI=1S/C10H11N3O2S/c1-6-13-9-7(4-15-2)8(12-5-14)3-11-10(9)16-6/h3,5H,4H2,1-2H3,(H,12,14). The quantitative estimate of drug-likeness (QED) is 0.822. The van der Waals surface area contributed by atoms with E-state index in [4.69, 9.17) is 4.74 Å². The summed E-state index contributed by atoms with van der Waals surface area (Å²) in [6, 6.07) is 0. The first-order valence-corrected chi connectivity index (χ1v) is 5.52. The van der Waals surface area contributed by atoms with E-state index in [0.717, 1.165) is 20.9 Å². The molecule has 1 N–H and O–H groups in total. The molecule has 0 saturated carbocycles. The maximum atomic E-state index is 10.5. The van der Waals surface area contributed by atoms with Crippen LogP contribution in [0.25, 0.3) is 10.3 Å². The van der Waals surface area contributed by atoms with Gasteiger partial charge in [0.1, 0.15) is 10.3 Å². The highest BCUT2D eigenvalue weighted by atomic mass is 32.1. The molecule has 6 heteroatoms. The Balaban J connectivity index is 2.62. The monoisotopic (exact) mass is 237 g/mol. The maximum Gasteiger partial charge on any atom is 0.211 e. The van der Waals surface area contributed by atoms with Gasteiger partial charge in [-0.1, -0.05) is 11.3 Å². The van der Waals surface area contributed by atoms with Crippen LogP contribution in [0.5, 0.6) is 0 Å². The van der Waals surface area contributed by atoms with Gasteiger partial charge in [-0.3, -0.25) is 4.79 Å². The first-order valence-electron chi connectivity index (χ1n) is 4.70. The van der Waals surface area contributed by atoms with Gasteiger partial charge in [0.05, 0.1) is 23.5 Å². The number of amides is 1.